The van der Waals surface area contributed by atoms with Gasteiger partial charge in [-0.15, -0.1) is 0 Å². The second-order valence-electron chi connectivity index (χ2n) is 10.6. The molecule has 1 spiro atoms. The van der Waals surface area contributed by atoms with Gasteiger partial charge < -0.3 is 33.5 Å². The number of benzene rings is 3. The van der Waals surface area contributed by atoms with Crippen molar-refractivity contribution in [2.45, 2.75) is 62.7 Å². The quantitative estimate of drug-likeness (QED) is 0.303. The Labute approximate surface area is 241 Å². The lowest BCUT2D eigenvalue weighted by Gasteiger charge is -2.48. The largest absolute Gasteiger partial charge is 0.459 e. The maximum absolute atomic E-state index is 13.6. The van der Waals surface area contributed by atoms with Gasteiger partial charge in [-0.3, -0.25) is 0 Å². The van der Waals surface area contributed by atoms with E-state index in [4.69, 9.17) is 28.4 Å². The molecule has 3 aromatic rings. The van der Waals surface area contributed by atoms with Crippen molar-refractivity contribution in [3.05, 3.63) is 108 Å². The van der Waals surface area contributed by atoms with Gasteiger partial charge in [-0.05, 0) is 23.1 Å². The lowest BCUT2D eigenvalue weighted by atomic mass is 9.96. The van der Waals surface area contributed by atoms with Gasteiger partial charge in [-0.2, -0.15) is 0 Å². The summed E-state index contributed by atoms with van der Waals surface area (Å²) in [5, 5.41) is 9.91. The Morgan fingerprint density at radius 1 is 0.805 bits per heavy atom. The second kappa shape index (κ2) is 14.2. The zero-order valence-corrected chi connectivity index (χ0v) is 23.2. The molecule has 5 rings (SSSR count). The molecular formula is C33H38O8. The van der Waals surface area contributed by atoms with Gasteiger partial charge >= 0.3 is 5.97 Å². The van der Waals surface area contributed by atoms with Gasteiger partial charge in [0, 0.05) is 19.4 Å². The summed E-state index contributed by atoms with van der Waals surface area (Å²) in [6.07, 6.45) is -0.128. The molecule has 2 heterocycles. The van der Waals surface area contributed by atoms with E-state index in [1.165, 1.54) is 0 Å². The molecule has 0 aliphatic carbocycles. The van der Waals surface area contributed by atoms with Crippen molar-refractivity contribution in [1.29, 1.82) is 0 Å². The average molecular weight is 563 g/mol. The summed E-state index contributed by atoms with van der Waals surface area (Å²) in [6, 6.07) is 29.2. The highest BCUT2D eigenvalue weighted by molar-refractivity contribution is 5.76. The highest BCUT2D eigenvalue weighted by Crippen LogP contribution is 2.43. The van der Waals surface area contributed by atoms with E-state index >= 15 is 0 Å². The molecule has 2 unspecified atom stereocenters. The monoisotopic (exact) mass is 562 g/mol. The van der Waals surface area contributed by atoms with Gasteiger partial charge in [0.25, 0.3) is 0 Å². The Morgan fingerprint density at radius 2 is 1.39 bits per heavy atom. The molecule has 2 saturated heterocycles. The number of aliphatic hydroxyl groups is 1. The summed E-state index contributed by atoms with van der Waals surface area (Å²) in [4.78, 5) is 13.6. The topological polar surface area (TPSA) is 92.7 Å². The van der Waals surface area contributed by atoms with Gasteiger partial charge in [0.05, 0.1) is 39.1 Å². The average Bonchev–Trinajstić information content (AvgIpc) is 3.42. The van der Waals surface area contributed by atoms with Gasteiger partial charge in [0.2, 0.25) is 11.9 Å². The van der Waals surface area contributed by atoms with Crippen molar-refractivity contribution in [1.82, 2.24) is 0 Å². The van der Waals surface area contributed by atoms with Crippen LogP contribution in [0.4, 0.5) is 0 Å². The minimum absolute atomic E-state index is 0.0940. The van der Waals surface area contributed by atoms with E-state index in [9.17, 15) is 9.90 Å². The van der Waals surface area contributed by atoms with E-state index in [0.717, 1.165) is 16.7 Å². The van der Waals surface area contributed by atoms with Gasteiger partial charge in [0.15, 0.2) is 0 Å². The van der Waals surface area contributed by atoms with Crippen LogP contribution in [0, 0.1) is 0 Å². The summed E-state index contributed by atoms with van der Waals surface area (Å²) in [7, 11) is 0. The van der Waals surface area contributed by atoms with Crippen LogP contribution in [0.5, 0.6) is 0 Å². The van der Waals surface area contributed by atoms with Crippen LogP contribution in [-0.2, 0) is 53.0 Å². The Balaban J connectivity index is 1.27. The van der Waals surface area contributed by atoms with Crippen LogP contribution in [0.3, 0.4) is 0 Å². The lowest BCUT2D eigenvalue weighted by molar-refractivity contribution is -0.360. The molecule has 0 amide bonds. The highest BCUT2D eigenvalue weighted by Gasteiger charge is 2.59. The molecule has 3 aromatic carbocycles. The van der Waals surface area contributed by atoms with Crippen LogP contribution < -0.4 is 0 Å². The van der Waals surface area contributed by atoms with Gasteiger partial charge in [-0.25, -0.2) is 4.79 Å². The summed E-state index contributed by atoms with van der Waals surface area (Å²) in [6.45, 7) is 1.35. The molecular weight excluding hydrogens is 524 g/mol. The number of aliphatic hydroxyl groups excluding tert-OH is 1. The molecule has 0 aromatic heterocycles. The van der Waals surface area contributed by atoms with E-state index in [1.54, 1.807) is 0 Å². The number of hydrogen-bond donors (Lipinski definition) is 1. The van der Waals surface area contributed by atoms with E-state index in [0.29, 0.717) is 32.7 Å². The van der Waals surface area contributed by atoms with Crippen molar-refractivity contribution >= 4 is 5.97 Å². The van der Waals surface area contributed by atoms with Crippen LogP contribution >= 0.6 is 0 Å². The molecule has 41 heavy (non-hydrogen) atoms. The zero-order valence-electron chi connectivity index (χ0n) is 23.2. The Hall–Kier alpha value is -3.11. The SMILES string of the molecule is O=C(OCc1ccccc1)C1OC(CCO)(COCc2ccccc2)CO[C@@]12CC[C@H](COCc1ccccc1)O2. The summed E-state index contributed by atoms with van der Waals surface area (Å²) < 4.78 is 36.9. The van der Waals surface area contributed by atoms with Crippen LogP contribution in [-0.4, -0.2) is 61.1 Å². The van der Waals surface area contributed by atoms with E-state index < -0.39 is 23.5 Å². The minimum Gasteiger partial charge on any atom is -0.459 e. The van der Waals surface area contributed by atoms with E-state index in [1.807, 2.05) is 91.0 Å². The molecule has 0 radical (unpaired) electrons. The number of carbonyl (C=O) groups excluding carboxylic acids is 1. The first-order valence-corrected chi connectivity index (χ1v) is 14.1. The van der Waals surface area contributed by atoms with Crippen molar-refractivity contribution in [3.8, 4) is 0 Å². The van der Waals surface area contributed by atoms with Crippen LogP contribution in [0.25, 0.3) is 0 Å². The fraction of sp³-hybridized carbons (Fsp3) is 0.424. The molecule has 4 atom stereocenters. The molecule has 2 aliphatic heterocycles. The predicted octanol–water partition coefficient (Wildman–Crippen LogP) is 4.58. The molecule has 218 valence electrons. The van der Waals surface area contributed by atoms with Crippen molar-refractivity contribution in [2.75, 3.05) is 26.4 Å². The van der Waals surface area contributed by atoms with Gasteiger partial charge in [-0.1, -0.05) is 91.0 Å². The molecule has 8 heteroatoms. The Morgan fingerprint density at radius 3 is 2.00 bits per heavy atom. The third-order valence-electron chi connectivity index (χ3n) is 7.43. The third kappa shape index (κ3) is 7.80. The smallest absolute Gasteiger partial charge is 0.341 e. The zero-order chi connectivity index (χ0) is 28.4. The molecule has 2 aliphatic rings. The first-order valence-electron chi connectivity index (χ1n) is 14.1. The standard InChI is InChI=1S/C33H38O8/c34-19-18-32(24-37-21-27-12-6-2-7-13-27)25-39-33(30(41-32)31(35)38-22-28-14-8-3-9-15-28)17-16-29(40-33)23-36-20-26-10-4-1-5-11-26/h1-15,29-30,34H,16-25H2/t29-,30?,32?,33-/m1/s1. The lowest BCUT2D eigenvalue weighted by Crippen LogP contribution is -2.64. The maximum Gasteiger partial charge on any atom is 0.341 e. The first-order chi connectivity index (χ1) is 20.1. The van der Waals surface area contributed by atoms with E-state index in [2.05, 4.69) is 0 Å². The number of hydrogen-bond acceptors (Lipinski definition) is 8. The van der Waals surface area contributed by atoms with Crippen LogP contribution in [0.2, 0.25) is 0 Å². The Kier molecular flexibility index (Phi) is 10.2. The Bertz CT molecular complexity index is 1210. The molecule has 2 fully saturated rings. The van der Waals surface area contributed by atoms with Crippen LogP contribution in [0.15, 0.2) is 91.0 Å². The molecule has 0 saturated carbocycles. The fourth-order valence-electron chi connectivity index (χ4n) is 5.21. The maximum atomic E-state index is 13.6. The van der Waals surface area contributed by atoms with Crippen molar-refractivity contribution < 1.29 is 38.3 Å². The fourth-order valence-corrected chi connectivity index (χ4v) is 5.21. The van der Waals surface area contributed by atoms with Crippen molar-refractivity contribution in [3.63, 3.8) is 0 Å². The summed E-state index contributed by atoms with van der Waals surface area (Å²) in [5.74, 6) is -1.89. The van der Waals surface area contributed by atoms with Crippen molar-refractivity contribution in [2.24, 2.45) is 0 Å². The minimum atomic E-state index is -1.31. The number of esters is 1. The number of ether oxygens (including phenoxy) is 6. The normalized spacial score (nSPS) is 25.8. The second-order valence-corrected chi connectivity index (χ2v) is 10.6. The van der Waals surface area contributed by atoms with E-state index in [-0.39, 0.29) is 39.0 Å². The summed E-state index contributed by atoms with van der Waals surface area (Å²) >= 11 is 0. The summed E-state index contributed by atoms with van der Waals surface area (Å²) in [5.41, 5.74) is 1.90. The first kappa shape index (κ1) is 29.4. The molecule has 0 bridgehead atoms. The van der Waals surface area contributed by atoms with Gasteiger partial charge in [0.1, 0.15) is 12.2 Å². The number of rotatable bonds is 13. The molecule has 1 N–H and O–H groups in total. The predicted molar refractivity (Wildman–Crippen MR) is 151 cm³/mol. The molecule has 8 nitrogen and oxygen atoms in total. The van der Waals surface area contributed by atoms with Crippen LogP contribution in [0.1, 0.15) is 36.0 Å². The third-order valence-corrected chi connectivity index (χ3v) is 7.43. The highest BCUT2D eigenvalue weighted by atomic mass is 16.8. The number of carbonyl (C=O) groups is 1.